The third kappa shape index (κ3) is 4.31. The normalized spacial score (nSPS) is 9.88. The zero-order valence-electron chi connectivity index (χ0n) is 9.66. The summed E-state index contributed by atoms with van der Waals surface area (Å²) in [5.41, 5.74) is 1.02. The van der Waals surface area contributed by atoms with Crippen LogP contribution in [-0.2, 0) is 16.1 Å². The van der Waals surface area contributed by atoms with Crippen LogP contribution in [0.3, 0.4) is 0 Å². The first kappa shape index (κ1) is 12.5. The van der Waals surface area contributed by atoms with Gasteiger partial charge in [-0.25, -0.2) is 0 Å². The Bertz CT molecular complexity index is 339. The van der Waals surface area contributed by atoms with Gasteiger partial charge in [-0.2, -0.15) is 0 Å². The van der Waals surface area contributed by atoms with E-state index in [1.54, 1.807) is 14.2 Å². The fraction of sp³-hybridized carbons (Fsp3) is 0.417. The van der Waals surface area contributed by atoms with E-state index in [9.17, 15) is 4.79 Å². The second-order valence-electron chi connectivity index (χ2n) is 3.37. The van der Waals surface area contributed by atoms with E-state index in [0.717, 1.165) is 11.3 Å². The van der Waals surface area contributed by atoms with Crippen molar-refractivity contribution in [2.75, 3.05) is 20.8 Å². The van der Waals surface area contributed by atoms with E-state index in [-0.39, 0.29) is 5.91 Å². The number of carbonyl (C=O) groups excluding carboxylic acids is 1. The van der Waals surface area contributed by atoms with E-state index in [2.05, 4.69) is 5.32 Å². The smallest absolute Gasteiger partial charge is 0.222 e. The van der Waals surface area contributed by atoms with Crippen molar-refractivity contribution in [2.45, 2.75) is 13.0 Å². The Labute approximate surface area is 95.6 Å². The van der Waals surface area contributed by atoms with Crippen LogP contribution in [-0.4, -0.2) is 26.7 Å². The lowest BCUT2D eigenvalue weighted by Crippen LogP contribution is -2.23. The van der Waals surface area contributed by atoms with Crippen LogP contribution in [0.25, 0.3) is 0 Å². The maximum absolute atomic E-state index is 11.3. The van der Waals surface area contributed by atoms with Crippen LogP contribution in [0.1, 0.15) is 12.0 Å². The zero-order chi connectivity index (χ0) is 11.8. The van der Waals surface area contributed by atoms with Crippen molar-refractivity contribution < 1.29 is 14.3 Å². The molecular weight excluding hydrogens is 206 g/mol. The van der Waals surface area contributed by atoms with Gasteiger partial charge in [0.05, 0.1) is 13.7 Å². The van der Waals surface area contributed by atoms with Gasteiger partial charge in [0.2, 0.25) is 5.91 Å². The van der Waals surface area contributed by atoms with Crippen molar-refractivity contribution in [3.8, 4) is 5.75 Å². The summed E-state index contributed by atoms with van der Waals surface area (Å²) in [6.45, 7) is 0.962. The summed E-state index contributed by atoms with van der Waals surface area (Å²) in [4.78, 5) is 11.3. The first-order chi connectivity index (χ1) is 7.76. The minimum Gasteiger partial charge on any atom is -0.497 e. The lowest BCUT2D eigenvalue weighted by atomic mass is 10.2. The summed E-state index contributed by atoms with van der Waals surface area (Å²) in [5, 5.41) is 2.81. The van der Waals surface area contributed by atoms with Crippen LogP contribution in [0, 0.1) is 0 Å². The maximum atomic E-state index is 11.3. The molecule has 16 heavy (non-hydrogen) atoms. The highest BCUT2D eigenvalue weighted by Crippen LogP contribution is 2.11. The molecule has 0 aliphatic rings. The molecular formula is C12H17NO3. The van der Waals surface area contributed by atoms with Crippen molar-refractivity contribution in [1.82, 2.24) is 5.32 Å². The molecule has 0 atom stereocenters. The second-order valence-corrected chi connectivity index (χ2v) is 3.37. The predicted octanol–water partition coefficient (Wildman–Crippen LogP) is 1.35. The molecule has 0 unspecified atom stereocenters. The topological polar surface area (TPSA) is 47.6 Å². The molecule has 88 valence electrons. The highest BCUT2D eigenvalue weighted by Gasteiger charge is 2.01. The Morgan fingerprint density at radius 2 is 2.19 bits per heavy atom. The van der Waals surface area contributed by atoms with Gasteiger partial charge in [0.1, 0.15) is 5.75 Å². The summed E-state index contributed by atoms with van der Waals surface area (Å²) < 4.78 is 9.91. The fourth-order valence-corrected chi connectivity index (χ4v) is 1.27. The molecule has 1 N–H and O–H groups in total. The number of amides is 1. The molecule has 4 nitrogen and oxygen atoms in total. The number of benzene rings is 1. The Hall–Kier alpha value is -1.55. The number of carbonyl (C=O) groups is 1. The third-order valence-electron chi connectivity index (χ3n) is 2.16. The van der Waals surface area contributed by atoms with Gasteiger partial charge >= 0.3 is 0 Å². The number of hydrogen-bond donors (Lipinski definition) is 1. The number of methoxy groups -OCH3 is 2. The molecule has 0 saturated heterocycles. The molecule has 0 heterocycles. The molecule has 0 aromatic heterocycles. The molecule has 1 rings (SSSR count). The lowest BCUT2D eigenvalue weighted by molar-refractivity contribution is -0.122. The van der Waals surface area contributed by atoms with Crippen molar-refractivity contribution in [1.29, 1.82) is 0 Å². The Balaban J connectivity index is 2.38. The van der Waals surface area contributed by atoms with Crippen LogP contribution in [0.4, 0.5) is 0 Å². The summed E-state index contributed by atoms with van der Waals surface area (Å²) in [7, 11) is 3.20. The molecule has 1 aromatic carbocycles. The van der Waals surface area contributed by atoms with Gasteiger partial charge in [-0.3, -0.25) is 4.79 Å². The van der Waals surface area contributed by atoms with Crippen LogP contribution in [0.2, 0.25) is 0 Å². The minimum absolute atomic E-state index is 0.00956. The van der Waals surface area contributed by atoms with E-state index in [1.165, 1.54) is 0 Å². The summed E-state index contributed by atoms with van der Waals surface area (Å²) in [6.07, 6.45) is 0.389. The first-order valence-corrected chi connectivity index (χ1v) is 5.15. The first-order valence-electron chi connectivity index (χ1n) is 5.15. The Kier molecular flexibility index (Phi) is 5.36. The maximum Gasteiger partial charge on any atom is 0.222 e. The van der Waals surface area contributed by atoms with Crippen molar-refractivity contribution in [3.63, 3.8) is 0 Å². The summed E-state index contributed by atoms with van der Waals surface area (Å²) >= 11 is 0. The molecule has 0 bridgehead atoms. The van der Waals surface area contributed by atoms with Gasteiger partial charge in [0, 0.05) is 20.1 Å². The van der Waals surface area contributed by atoms with Gasteiger partial charge in [-0.15, -0.1) is 0 Å². The average Bonchev–Trinajstić information content (AvgIpc) is 2.34. The van der Waals surface area contributed by atoms with E-state index >= 15 is 0 Å². The number of nitrogens with one attached hydrogen (secondary N) is 1. The molecule has 0 fully saturated rings. The van der Waals surface area contributed by atoms with Crippen molar-refractivity contribution >= 4 is 5.91 Å². The Morgan fingerprint density at radius 3 is 2.88 bits per heavy atom. The minimum atomic E-state index is -0.00956. The quantitative estimate of drug-likeness (QED) is 0.791. The lowest BCUT2D eigenvalue weighted by Gasteiger charge is -2.06. The summed E-state index contributed by atoms with van der Waals surface area (Å²) in [6, 6.07) is 7.61. The van der Waals surface area contributed by atoms with E-state index in [0.29, 0.717) is 19.6 Å². The van der Waals surface area contributed by atoms with E-state index < -0.39 is 0 Å². The Morgan fingerprint density at radius 1 is 1.38 bits per heavy atom. The van der Waals surface area contributed by atoms with E-state index in [1.807, 2.05) is 24.3 Å². The van der Waals surface area contributed by atoms with Crippen LogP contribution >= 0.6 is 0 Å². The van der Waals surface area contributed by atoms with Gasteiger partial charge < -0.3 is 14.8 Å². The average molecular weight is 223 g/mol. The monoisotopic (exact) mass is 223 g/mol. The van der Waals surface area contributed by atoms with Gasteiger partial charge in [-0.05, 0) is 17.7 Å². The molecule has 0 aliphatic carbocycles. The van der Waals surface area contributed by atoms with Crippen molar-refractivity contribution in [2.24, 2.45) is 0 Å². The van der Waals surface area contributed by atoms with E-state index in [4.69, 9.17) is 9.47 Å². The van der Waals surface area contributed by atoms with Gasteiger partial charge in [0.25, 0.3) is 0 Å². The SMILES string of the molecule is COCCC(=O)NCc1cccc(OC)c1. The summed E-state index contributed by atoms with van der Waals surface area (Å²) in [5.74, 6) is 0.785. The highest BCUT2D eigenvalue weighted by molar-refractivity contribution is 5.75. The van der Waals surface area contributed by atoms with Crippen LogP contribution in [0.5, 0.6) is 5.75 Å². The number of ether oxygens (including phenoxy) is 2. The van der Waals surface area contributed by atoms with Gasteiger partial charge in [-0.1, -0.05) is 12.1 Å². The fourth-order valence-electron chi connectivity index (χ4n) is 1.27. The molecule has 1 amide bonds. The molecule has 0 saturated carbocycles. The standard InChI is InChI=1S/C12H17NO3/c1-15-7-6-12(14)13-9-10-4-3-5-11(8-10)16-2/h3-5,8H,6-7,9H2,1-2H3,(H,13,14). The molecule has 0 radical (unpaired) electrons. The molecule has 1 aromatic rings. The predicted molar refractivity (Wildman–Crippen MR) is 61.3 cm³/mol. The third-order valence-corrected chi connectivity index (χ3v) is 2.16. The molecule has 0 spiro atoms. The number of hydrogen-bond acceptors (Lipinski definition) is 3. The van der Waals surface area contributed by atoms with Gasteiger partial charge in [0.15, 0.2) is 0 Å². The van der Waals surface area contributed by atoms with Crippen LogP contribution in [0.15, 0.2) is 24.3 Å². The molecule has 4 heteroatoms. The van der Waals surface area contributed by atoms with Crippen LogP contribution < -0.4 is 10.1 Å². The largest absolute Gasteiger partial charge is 0.497 e. The zero-order valence-corrected chi connectivity index (χ0v) is 9.66. The second kappa shape index (κ2) is 6.85. The molecule has 0 aliphatic heterocycles. The highest BCUT2D eigenvalue weighted by atomic mass is 16.5. The van der Waals surface area contributed by atoms with Crippen molar-refractivity contribution in [3.05, 3.63) is 29.8 Å². The number of rotatable bonds is 6.